The van der Waals surface area contributed by atoms with E-state index in [1.807, 2.05) is 6.92 Å². The number of hydrogen-bond acceptors (Lipinski definition) is 2. The molecule has 0 spiro atoms. The van der Waals surface area contributed by atoms with Crippen LogP contribution in [0.1, 0.15) is 42.4 Å². The van der Waals surface area contributed by atoms with Gasteiger partial charge in [0.25, 0.3) is 0 Å². The Morgan fingerprint density at radius 1 is 1.44 bits per heavy atom. The molecule has 4 heteroatoms. The number of fused-ring (bicyclic) bond motifs is 1. The van der Waals surface area contributed by atoms with E-state index in [4.69, 9.17) is 5.11 Å². The van der Waals surface area contributed by atoms with Crippen molar-refractivity contribution in [3.05, 3.63) is 17.2 Å². The average Bonchev–Trinajstić information content (AvgIpc) is 3.04. The lowest BCUT2D eigenvalue weighted by molar-refractivity contribution is -0.142. The van der Waals surface area contributed by atoms with Crippen molar-refractivity contribution in [3.63, 3.8) is 0 Å². The number of nitrogens with zero attached hydrogens (tertiary/aromatic N) is 2. The summed E-state index contributed by atoms with van der Waals surface area (Å²) in [5.41, 5.74) is 2.19. The third-order valence-corrected chi connectivity index (χ3v) is 3.73. The molecule has 1 aromatic heterocycles. The summed E-state index contributed by atoms with van der Waals surface area (Å²) in [6, 6.07) is 0. The summed E-state index contributed by atoms with van der Waals surface area (Å²) >= 11 is 0. The minimum atomic E-state index is -0.667. The molecule has 3 rings (SSSR count). The molecule has 0 amide bonds. The monoisotopic (exact) mass is 220 g/mol. The summed E-state index contributed by atoms with van der Waals surface area (Å²) in [5.74, 6) is 0.972. The Morgan fingerprint density at radius 3 is 2.81 bits per heavy atom. The first-order valence-corrected chi connectivity index (χ1v) is 5.95. The first kappa shape index (κ1) is 9.87. The number of hydrogen-bond donors (Lipinski definition) is 1. The van der Waals surface area contributed by atoms with E-state index in [-0.39, 0.29) is 5.92 Å². The summed E-state index contributed by atoms with van der Waals surface area (Å²) in [4.78, 5) is 15.6. The van der Waals surface area contributed by atoms with Gasteiger partial charge in [-0.2, -0.15) is 0 Å². The number of carboxylic acid groups (broad SMARTS) is 1. The van der Waals surface area contributed by atoms with Crippen molar-refractivity contribution in [1.82, 2.24) is 9.55 Å². The van der Waals surface area contributed by atoms with Gasteiger partial charge in [-0.3, -0.25) is 4.79 Å². The zero-order valence-corrected chi connectivity index (χ0v) is 9.44. The molecule has 0 radical (unpaired) electrons. The van der Waals surface area contributed by atoms with Crippen molar-refractivity contribution in [3.8, 4) is 0 Å². The van der Waals surface area contributed by atoms with E-state index in [1.54, 1.807) is 0 Å². The van der Waals surface area contributed by atoms with E-state index in [0.717, 1.165) is 24.4 Å². The van der Waals surface area contributed by atoms with Gasteiger partial charge in [-0.05, 0) is 26.2 Å². The van der Waals surface area contributed by atoms with Crippen molar-refractivity contribution in [2.24, 2.45) is 5.92 Å². The fourth-order valence-electron chi connectivity index (χ4n) is 2.62. The normalized spacial score (nSPS) is 24.2. The molecule has 1 saturated carbocycles. The van der Waals surface area contributed by atoms with E-state index < -0.39 is 5.97 Å². The van der Waals surface area contributed by atoms with Crippen LogP contribution in [0.2, 0.25) is 0 Å². The zero-order valence-electron chi connectivity index (χ0n) is 9.44. The smallest absolute Gasteiger partial charge is 0.306 e. The SMILES string of the molecule is Cc1nc(C2CC2)n2c1CC(C(=O)O)CC2. The lowest BCUT2D eigenvalue weighted by Gasteiger charge is -2.22. The van der Waals surface area contributed by atoms with E-state index in [9.17, 15) is 4.79 Å². The summed E-state index contributed by atoms with van der Waals surface area (Å²) in [5, 5.41) is 9.05. The molecule has 4 nitrogen and oxygen atoms in total. The van der Waals surface area contributed by atoms with Crippen LogP contribution in [0.4, 0.5) is 0 Å². The first-order chi connectivity index (χ1) is 7.66. The number of aryl methyl sites for hydroxylation is 1. The van der Waals surface area contributed by atoms with Crippen LogP contribution in [0.5, 0.6) is 0 Å². The number of carbonyl (C=O) groups is 1. The van der Waals surface area contributed by atoms with Gasteiger partial charge in [-0.25, -0.2) is 4.98 Å². The third kappa shape index (κ3) is 1.44. The highest BCUT2D eigenvalue weighted by atomic mass is 16.4. The van der Waals surface area contributed by atoms with Gasteiger partial charge in [0.15, 0.2) is 0 Å². The van der Waals surface area contributed by atoms with Crippen LogP contribution in [-0.4, -0.2) is 20.6 Å². The maximum Gasteiger partial charge on any atom is 0.306 e. The molecule has 1 fully saturated rings. The summed E-state index contributed by atoms with van der Waals surface area (Å²) in [7, 11) is 0. The van der Waals surface area contributed by atoms with Crippen LogP contribution < -0.4 is 0 Å². The minimum absolute atomic E-state index is 0.213. The van der Waals surface area contributed by atoms with Crippen molar-refractivity contribution in [2.45, 2.75) is 45.1 Å². The highest BCUT2D eigenvalue weighted by molar-refractivity contribution is 5.70. The zero-order chi connectivity index (χ0) is 11.3. The Labute approximate surface area is 94.3 Å². The Balaban J connectivity index is 1.95. The molecular formula is C12H16N2O2. The third-order valence-electron chi connectivity index (χ3n) is 3.73. The molecule has 1 atom stereocenters. The largest absolute Gasteiger partial charge is 0.481 e. The first-order valence-electron chi connectivity index (χ1n) is 5.95. The van der Waals surface area contributed by atoms with E-state index in [1.165, 1.54) is 18.7 Å². The van der Waals surface area contributed by atoms with Crippen molar-refractivity contribution in [1.29, 1.82) is 0 Å². The quantitative estimate of drug-likeness (QED) is 0.825. The Morgan fingerprint density at radius 2 is 2.19 bits per heavy atom. The van der Waals surface area contributed by atoms with Gasteiger partial charge in [0.05, 0.1) is 11.6 Å². The highest BCUT2D eigenvalue weighted by Crippen LogP contribution is 2.41. The molecule has 2 aliphatic rings. The fourth-order valence-corrected chi connectivity index (χ4v) is 2.62. The van der Waals surface area contributed by atoms with Crippen molar-refractivity contribution < 1.29 is 9.90 Å². The van der Waals surface area contributed by atoms with Gasteiger partial charge in [0.1, 0.15) is 5.82 Å². The number of rotatable bonds is 2. The minimum Gasteiger partial charge on any atom is -0.481 e. The second-order valence-electron chi connectivity index (χ2n) is 4.96. The van der Waals surface area contributed by atoms with E-state index in [2.05, 4.69) is 9.55 Å². The molecule has 1 N–H and O–H groups in total. The predicted molar refractivity (Wildman–Crippen MR) is 58.4 cm³/mol. The number of aromatic nitrogens is 2. The van der Waals surface area contributed by atoms with Crippen molar-refractivity contribution >= 4 is 5.97 Å². The second kappa shape index (κ2) is 3.34. The number of imidazole rings is 1. The van der Waals surface area contributed by atoms with E-state index in [0.29, 0.717) is 12.3 Å². The summed E-state index contributed by atoms with van der Waals surface area (Å²) in [6.45, 7) is 2.83. The van der Waals surface area contributed by atoms with Crippen LogP contribution in [-0.2, 0) is 17.8 Å². The topological polar surface area (TPSA) is 55.1 Å². The van der Waals surface area contributed by atoms with Crippen LogP contribution in [0.25, 0.3) is 0 Å². The molecule has 0 saturated heterocycles. The van der Waals surface area contributed by atoms with Crippen molar-refractivity contribution in [2.75, 3.05) is 0 Å². The van der Waals surface area contributed by atoms with E-state index >= 15 is 0 Å². The van der Waals surface area contributed by atoms with Gasteiger partial charge in [-0.15, -0.1) is 0 Å². The van der Waals surface area contributed by atoms with Gasteiger partial charge >= 0.3 is 5.97 Å². The van der Waals surface area contributed by atoms with Crippen LogP contribution >= 0.6 is 0 Å². The van der Waals surface area contributed by atoms with Gasteiger partial charge < -0.3 is 9.67 Å². The lowest BCUT2D eigenvalue weighted by Crippen LogP contribution is -2.26. The molecule has 1 aliphatic heterocycles. The highest BCUT2D eigenvalue weighted by Gasteiger charge is 2.34. The number of carboxylic acids is 1. The second-order valence-corrected chi connectivity index (χ2v) is 4.96. The van der Waals surface area contributed by atoms with Crippen LogP contribution in [0.15, 0.2) is 0 Å². The Kier molecular flexibility index (Phi) is 2.06. The van der Waals surface area contributed by atoms with Gasteiger partial charge in [-0.1, -0.05) is 0 Å². The molecule has 16 heavy (non-hydrogen) atoms. The predicted octanol–water partition coefficient (Wildman–Crippen LogP) is 1.72. The number of aliphatic carboxylic acids is 1. The molecule has 0 bridgehead atoms. The van der Waals surface area contributed by atoms with Gasteiger partial charge in [0, 0.05) is 24.6 Å². The standard InChI is InChI=1S/C12H16N2O2/c1-7-10-6-9(12(15)16)4-5-14(10)11(13-7)8-2-3-8/h8-9H,2-6H2,1H3,(H,15,16). The van der Waals surface area contributed by atoms with Gasteiger partial charge in [0.2, 0.25) is 0 Å². The lowest BCUT2D eigenvalue weighted by atomic mass is 9.95. The van der Waals surface area contributed by atoms with Crippen LogP contribution in [0, 0.1) is 12.8 Å². The van der Waals surface area contributed by atoms with Crippen LogP contribution in [0.3, 0.4) is 0 Å². The summed E-state index contributed by atoms with van der Waals surface area (Å²) < 4.78 is 2.27. The Bertz CT molecular complexity index is 446. The molecular weight excluding hydrogens is 204 g/mol. The molecule has 1 unspecified atom stereocenters. The average molecular weight is 220 g/mol. The Hall–Kier alpha value is -1.32. The molecule has 1 aliphatic carbocycles. The molecule has 1 aromatic rings. The maximum absolute atomic E-state index is 11.0. The molecule has 0 aromatic carbocycles. The molecule has 2 heterocycles. The fraction of sp³-hybridized carbons (Fsp3) is 0.667. The molecule has 86 valence electrons. The maximum atomic E-state index is 11.0. The summed E-state index contributed by atoms with van der Waals surface area (Å²) in [6.07, 6.45) is 3.90.